The summed E-state index contributed by atoms with van der Waals surface area (Å²) in [4.78, 5) is 13.0. The fraction of sp³-hybridized carbons (Fsp3) is 0.638. The molecular formula is C47H70O3. The largest absolute Gasteiger partial charge is 0.454 e. The number of hydrogen-bond donors (Lipinski definition) is 1. The molecule has 0 bridgehead atoms. The molecule has 0 radical (unpaired) electrons. The summed E-state index contributed by atoms with van der Waals surface area (Å²) in [6.45, 7) is 25.1. The van der Waals surface area contributed by atoms with E-state index < -0.39 is 18.2 Å². The van der Waals surface area contributed by atoms with Crippen LogP contribution in [0.1, 0.15) is 146 Å². The minimum atomic E-state index is -0.549. The predicted octanol–water partition coefficient (Wildman–Crippen LogP) is 12.7. The van der Waals surface area contributed by atoms with E-state index in [2.05, 4.69) is 92.3 Å². The molecule has 6 atom stereocenters. The Bertz CT molecular complexity index is 1440. The van der Waals surface area contributed by atoms with Crippen molar-refractivity contribution in [2.75, 3.05) is 0 Å². The van der Waals surface area contributed by atoms with Crippen molar-refractivity contribution >= 4 is 5.97 Å². The van der Waals surface area contributed by atoms with Crippen molar-refractivity contribution in [1.82, 2.24) is 0 Å². The number of carbonyl (C=O) groups is 1. The molecule has 3 saturated carbocycles. The third kappa shape index (κ3) is 10.5. The van der Waals surface area contributed by atoms with Crippen molar-refractivity contribution in [2.24, 2.45) is 34.5 Å². The quantitative estimate of drug-likeness (QED) is 0.127. The maximum Gasteiger partial charge on any atom is 0.331 e. The topological polar surface area (TPSA) is 46.5 Å². The van der Waals surface area contributed by atoms with Crippen LogP contribution in [0, 0.1) is 34.5 Å². The van der Waals surface area contributed by atoms with Crippen molar-refractivity contribution in [2.45, 2.75) is 158 Å². The van der Waals surface area contributed by atoms with Crippen LogP contribution in [-0.4, -0.2) is 23.3 Å². The monoisotopic (exact) mass is 683 g/mol. The van der Waals surface area contributed by atoms with Gasteiger partial charge in [0.2, 0.25) is 0 Å². The van der Waals surface area contributed by atoms with E-state index in [1.165, 1.54) is 81.4 Å². The van der Waals surface area contributed by atoms with Gasteiger partial charge in [-0.1, -0.05) is 127 Å². The van der Waals surface area contributed by atoms with Crippen molar-refractivity contribution in [3.8, 4) is 0 Å². The van der Waals surface area contributed by atoms with Crippen molar-refractivity contribution in [3.63, 3.8) is 0 Å². The lowest BCUT2D eigenvalue weighted by Gasteiger charge is -2.44. The first-order valence-corrected chi connectivity index (χ1v) is 20.0. The smallest absolute Gasteiger partial charge is 0.331 e. The second kappa shape index (κ2) is 17.7. The van der Waals surface area contributed by atoms with Gasteiger partial charge in [-0.15, -0.1) is 0 Å². The second-order valence-electron chi connectivity index (χ2n) is 17.8. The zero-order chi connectivity index (χ0) is 36.6. The van der Waals surface area contributed by atoms with Gasteiger partial charge in [0.1, 0.15) is 6.10 Å². The van der Waals surface area contributed by atoms with Gasteiger partial charge in [-0.2, -0.15) is 0 Å². The van der Waals surface area contributed by atoms with E-state index in [4.69, 9.17) is 4.74 Å². The third-order valence-corrected chi connectivity index (χ3v) is 12.8. The Balaban J connectivity index is 1.36. The number of hydrogen-bond acceptors (Lipinski definition) is 3. The molecule has 0 amide bonds. The highest BCUT2D eigenvalue weighted by Gasteiger charge is 2.50. The number of esters is 1. The Morgan fingerprint density at radius 2 is 1.74 bits per heavy atom. The van der Waals surface area contributed by atoms with Gasteiger partial charge in [0.05, 0.1) is 6.10 Å². The van der Waals surface area contributed by atoms with Gasteiger partial charge in [0.15, 0.2) is 0 Å². The summed E-state index contributed by atoms with van der Waals surface area (Å²) < 4.78 is 5.90. The highest BCUT2D eigenvalue weighted by Crippen LogP contribution is 2.60. The molecular weight excluding hydrogens is 613 g/mol. The molecule has 0 spiro atoms. The van der Waals surface area contributed by atoms with Crippen molar-refractivity contribution in [3.05, 3.63) is 94.2 Å². The molecule has 0 saturated heterocycles. The average Bonchev–Trinajstić information content (AvgIpc) is 3.38. The van der Waals surface area contributed by atoms with Crippen LogP contribution in [0.5, 0.6) is 0 Å². The van der Waals surface area contributed by atoms with Crippen LogP contribution in [-0.2, 0) is 9.53 Å². The third-order valence-electron chi connectivity index (χ3n) is 12.8. The van der Waals surface area contributed by atoms with Crippen LogP contribution in [0.25, 0.3) is 0 Å². The van der Waals surface area contributed by atoms with E-state index in [-0.39, 0.29) is 5.41 Å². The van der Waals surface area contributed by atoms with Gasteiger partial charge in [-0.05, 0) is 135 Å². The number of carbonyl (C=O) groups excluding carboxylic acids is 1. The van der Waals surface area contributed by atoms with E-state index in [1.807, 2.05) is 19.1 Å². The van der Waals surface area contributed by atoms with Crippen LogP contribution in [0.3, 0.4) is 0 Å². The Morgan fingerprint density at radius 3 is 2.46 bits per heavy atom. The van der Waals surface area contributed by atoms with Gasteiger partial charge in [-0.25, -0.2) is 4.79 Å². The van der Waals surface area contributed by atoms with E-state index in [9.17, 15) is 9.90 Å². The molecule has 4 rings (SSSR count). The van der Waals surface area contributed by atoms with Gasteiger partial charge >= 0.3 is 5.97 Å². The highest BCUT2D eigenvalue weighted by molar-refractivity contribution is 5.83. The molecule has 0 heterocycles. The molecule has 4 aliphatic carbocycles. The highest BCUT2D eigenvalue weighted by atomic mass is 16.5. The van der Waals surface area contributed by atoms with E-state index in [0.717, 1.165) is 46.5 Å². The summed E-state index contributed by atoms with van der Waals surface area (Å²) in [5.41, 5.74) is 8.95. The maximum absolute atomic E-state index is 13.0. The van der Waals surface area contributed by atoms with Crippen molar-refractivity contribution < 1.29 is 14.6 Å². The van der Waals surface area contributed by atoms with Crippen LogP contribution in [0.4, 0.5) is 0 Å². The second-order valence-corrected chi connectivity index (χ2v) is 17.8. The molecule has 0 aromatic carbocycles. The molecule has 50 heavy (non-hydrogen) atoms. The summed E-state index contributed by atoms with van der Waals surface area (Å²) in [6.07, 6.45) is 30.5. The predicted molar refractivity (Wildman–Crippen MR) is 213 cm³/mol. The minimum Gasteiger partial charge on any atom is -0.454 e. The molecule has 0 aromatic rings. The lowest BCUT2D eigenvalue weighted by atomic mass is 9.60. The lowest BCUT2D eigenvalue weighted by molar-refractivity contribution is -0.142. The Morgan fingerprint density at radius 1 is 1.00 bits per heavy atom. The summed E-state index contributed by atoms with van der Waals surface area (Å²) >= 11 is 0. The SMILES string of the molecule is C=C1C(=CC=C2CCCC3(C)C2CC[C@@H]3[C@H](C)CCCC(C)C)C[C@@H](O)CC1OC(=O)C=C(C)C=CC=C(C)C=CC1=C(C)CCCC1(C)C. The Kier molecular flexibility index (Phi) is 14.2. The van der Waals surface area contributed by atoms with Gasteiger partial charge in [-0.3, -0.25) is 0 Å². The van der Waals surface area contributed by atoms with Gasteiger partial charge in [0.25, 0.3) is 0 Å². The number of aliphatic hydroxyl groups excluding tert-OH is 1. The number of aliphatic hydroxyl groups is 1. The van der Waals surface area contributed by atoms with Crippen molar-refractivity contribution in [1.29, 1.82) is 0 Å². The maximum atomic E-state index is 13.0. The zero-order valence-corrected chi connectivity index (χ0v) is 33.2. The number of rotatable bonds is 12. The molecule has 3 unspecified atom stereocenters. The molecule has 3 nitrogen and oxygen atoms in total. The molecule has 4 aliphatic rings. The van der Waals surface area contributed by atoms with Gasteiger partial charge in [0, 0.05) is 12.5 Å². The molecule has 1 N–H and O–H groups in total. The number of ether oxygens (including phenoxy) is 1. The molecule has 3 fully saturated rings. The first kappa shape index (κ1) is 40.1. The van der Waals surface area contributed by atoms with Crippen LogP contribution in [0.2, 0.25) is 0 Å². The first-order chi connectivity index (χ1) is 23.6. The summed E-state index contributed by atoms with van der Waals surface area (Å²) in [5.74, 6) is 2.62. The fourth-order valence-corrected chi connectivity index (χ4v) is 9.87. The Hall–Kier alpha value is -2.65. The lowest BCUT2D eigenvalue weighted by Crippen LogP contribution is -2.36. The van der Waals surface area contributed by atoms with Crippen LogP contribution >= 0.6 is 0 Å². The van der Waals surface area contributed by atoms with Crippen LogP contribution in [0.15, 0.2) is 94.2 Å². The van der Waals surface area contributed by atoms with E-state index in [1.54, 1.807) is 5.57 Å². The summed E-state index contributed by atoms with van der Waals surface area (Å²) in [7, 11) is 0. The molecule has 276 valence electrons. The minimum absolute atomic E-state index is 0.227. The number of allylic oxidation sites excluding steroid dienone is 12. The average molecular weight is 683 g/mol. The summed E-state index contributed by atoms with van der Waals surface area (Å²) in [5, 5.41) is 10.8. The molecule has 3 heteroatoms. The summed E-state index contributed by atoms with van der Waals surface area (Å²) in [6, 6.07) is 0. The normalized spacial score (nSPS) is 31.8. The zero-order valence-electron chi connectivity index (χ0n) is 33.2. The standard InChI is InChI=1S/C47H70O3/c1-32(2)15-11-18-36(6)42-25-26-43-38(20-14-28-47(42,43)10)22-23-39-30-40(48)31-44(37(39)7)50-45(49)29-34(4)17-12-16-33(3)21-24-41-35(5)19-13-27-46(41,8)9/h12,16-17,21-24,29,32,36,40,42-44,48H,7,11,13-15,18-20,25-28,30-31H2,1-6,8-10H3/t36-,40-,42-,43?,44?,47?/m1/s1. The molecule has 0 aliphatic heterocycles. The first-order valence-electron chi connectivity index (χ1n) is 20.0. The van der Waals surface area contributed by atoms with E-state index in [0.29, 0.717) is 24.2 Å². The van der Waals surface area contributed by atoms with Gasteiger partial charge < -0.3 is 9.84 Å². The molecule has 0 aromatic heterocycles. The fourth-order valence-electron chi connectivity index (χ4n) is 9.87. The van der Waals surface area contributed by atoms with Crippen LogP contribution < -0.4 is 0 Å². The van der Waals surface area contributed by atoms with E-state index >= 15 is 0 Å². The Labute approximate surface area is 306 Å². The number of fused-ring (bicyclic) bond motifs is 1.